The van der Waals surface area contributed by atoms with E-state index >= 15 is 0 Å². The van der Waals surface area contributed by atoms with Crippen LogP contribution in [-0.2, 0) is 16.1 Å². The molecule has 1 atom stereocenters. The van der Waals surface area contributed by atoms with E-state index in [1.807, 2.05) is 0 Å². The van der Waals surface area contributed by atoms with E-state index < -0.39 is 18.1 Å². The van der Waals surface area contributed by atoms with Crippen molar-refractivity contribution in [1.29, 1.82) is 0 Å². The molecule has 0 aliphatic heterocycles. The van der Waals surface area contributed by atoms with Gasteiger partial charge in [-0.2, -0.15) is 0 Å². The largest absolute Gasteiger partial charge is 0.479 e. The zero-order valence-electron chi connectivity index (χ0n) is 13.6. The van der Waals surface area contributed by atoms with Gasteiger partial charge >= 0.3 is 6.09 Å². The van der Waals surface area contributed by atoms with E-state index in [4.69, 9.17) is 44.3 Å². The first kappa shape index (κ1) is 20.2. The van der Waals surface area contributed by atoms with Crippen molar-refractivity contribution in [2.24, 2.45) is 0 Å². The number of ether oxygens (including phenoxy) is 2. The minimum absolute atomic E-state index is 0.0330. The Morgan fingerprint density at radius 3 is 2.31 bits per heavy atom. The van der Waals surface area contributed by atoms with Gasteiger partial charge in [0.25, 0.3) is 5.91 Å². The fraction of sp³-hybridized carbons (Fsp3) is 0.176. The second-order valence-corrected chi connectivity index (χ2v) is 6.43. The van der Waals surface area contributed by atoms with Gasteiger partial charge in [-0.1, -0.05) is 46.9 Å². The van der Waals surface area contributed by atoms with Gasteiger partial charge in [0.1, 0.15) is 12.4 Å². The number of halogens is 3. The molecule has 0 bridgehead atoms. The van der Waals surface area contributed by atoms with Gasteiger partial charge in [0.15, 0.2) is 6.10 Å². The Morgan fingerprint density at radius 1 is 1.00 bits per heavy atom. The fourth-order valence-electron chi connectivity index (χ4n) is 1.79. The maximum Gasteiger partial charge on any atom is 0.426 e. The van der Waals surface area contributed by atoms with Crippen LogP contribution in [0.3, 0.4) is 0 Å². The van der Waals surface area contributed by atoms with Crippen LogP contribution in [0.15, 0.2) is 42.5 Å². The Balaban J connectivity index is 1.76. The molecule has 0 saturated carbocycles. The third-order valence-corrected chi connectivity index (χ3v) is 3.92. The number of amides is 2. The number of nitrogens with one attached hydrogen (secondary N) is 2. The number of hydrogen-bond donors (Lipinski definition) is 2. The van der Waals surface area contributed by atoms with Crippen LogP contribution in [0.2, 0.25) is 15.1 Å². The molecule has 0 heterocycles. The molecule has 2 aromatic carbocycles. The smallest absolute Gasteiger partial charge is 0.426 e. The lowest BCUT2D eigenvalue weighted by atomic mass is 10.2. The summed E-state index contributed by atoms with van der Waals surface area (Å²) >= 11 is 17.5. The van der Waals surface area contributed by atoms with Crippen molar-refractivity contribution >= 4 is 46.8 Å². The molecule has 0 saturated heterocycles. The molecule has 2 amide bonds. The zero-order chi connectivity index (χ0) is 19.1. The van der Waals surface area contributed by atoms with Crippen LogP contribution in [0.4, 0.5) is 4.79 Å². The third-order valence-electron chi connectivity index (χ3n) is 3.14. The Morgan fingerprint density at radius 2 is 1.65 bits per heavy atom. The highest BCUT2D eigenvalue weighted by Crippen LogP contribution is 2.28. The highest BCUT2D eigenvalue weighted by atomic mass is 35.5. The quantitative estimate of drug-likeness (QED) is 0.708. The van der Waals surface area contributed by atoms with Crippen molar-refractivity contribution in [3.63, 3.8) is 0 Å². The molecular weight excluding hydrogens is 403 g/mol. The number of hydrogen-bond acceptors (Lipinski definition) is 4. The second-order valence-electron chi connectivity index (χ2n) is 5.15. The second kappa shape index (κ2) is 9.52. The SMILES string of the molecule is CC(Oc1ccc(Cl)cc1Cl)C(=O)NNC(=O)OCc1ccc(Cl)cc1. The highest BCUT2D eigenvalue weighted by Gasteiger charge is 2.17. The molecule has 2 rings (SSSR count). The molecule has 2 N–H and O–H groups in total. The Labute approximate surface area is 165 Å². The molecule has 0 aliphatic carbocycles. The molecule has 0 spiro atoms. The maximum absolute atomic E-state index is 12.0. The third kappa shape index (κ3) is 6.29. The van der Waals surface area contributed by atoms with Crippen LogP contribution in [0.1, 0.15) is 12.5 Å². The van der Waals surface area contributed by atoms with E-state index in [2.05, 4.69) is 10.9 Å². The molecule has 1 unspecified atom stereocenters. The number of benzene rings is 2. The monoisotopic (exact) mass is 416 g/mol. The topological polar surface area (TPSA) is 76.7 Å². The number of carbonyl (C=O) groups excluding carboxylic acids is 2. The van der Waals surface area contributed by atoms with Crippen LogP contribution in [0, 0.1) is 0 Å². The highest BCUT2D eigenvalue weighted by molar-refractivity contribution is 6.35. The minimum Gasteiger partial charge on any atom is -0.479 e. The minimum atomic E-state index is -0.912. The standard InChI is InChI=1S/C17H15Cl3N2O4/c1-10(26-15-7-6-13(19)8-14(15)20)16(23)21-22-17(24)25-9-11-2-4-12(18)5-3-11/h2-8,10H,9H2,1H3,(H,21,23)(H,22,24). The van der Waals surface area contributed by atoms with Crippen LogP contribution < -0.4 is 15.6 Å². The van der Waals surface area contributed by atoms with Crippen molar-refractivity contribution in [2.75, 3.05) is 0 Å². The summed E-state index contributed by atoms with van der Waals surface area (Å²) in [7, 11) is 0. The molecule has 26 heavy (non-hydrogen) atoms. The van der Waals surface area contributed by atoms with Crippen molar-refractivity contribution in [3.05, 3.63) is 63.1 Å². The first-order valence-electron chi connectivity index (χ1n) is 7.44. The Bertz CT molecular complexity index is 784. The van der Waals surface area contributed by atoms with Crippen molar-refractivity contribution in [3.8, 4) is 5.75 Å². The van der Waals surface area contributed by atoms with Crippen LogP contribution in [0.25, 0.3) is 0 Å². The average molecular weight is 418 g/mol. The summed E-state index contributed by atoms with van der Waals surface area (Å²) < 4.78 is 10.4. The predicted octanol–water partition coefficient (Wildman–Crippen LogP) is 4.37. The summed E-state index contributed by atoms with van der Waals surface area (Å²) in [5, 5.41) is 1.30. The number of hydrazine groups is 1. The van der Waals surface area contributed by atoms with Crippen LogP contribution >= 0.6 is 34.8 Å². The van der Waals surface area contributed by atoms with E-state index in [1.165, 1.54) is 13.0 Å². The van der Waals surface area contributed by atoms with E-state index in [-0.39, 0.29) is 11.6 Å². The Kier molecular flexibility index (Phi) is 7.38. The molecule has 6 nitrogen and oxygen atoms in total. The van der Waals surface area contributed by atoms with Crippen molar-refractivity contribution in [2.45, 2.75) is 19.6 Å². The van der Waals surface area contributed by atoms with Gasteiger partial charge in [0.2, 0.25) is 0 Å². The summed E-state index contributed by atoms with van der Waals surface area (Å²) in [4.78, 5) is 23.6. The van der Waals surface area contributed by atoms with Gasteiger partial charge in [-0.05, 0) is 42.8 Å². The van der Waals surface area contributed by atoms with Crippen LogP contribution in [-0.4, -0.2) is 18.1 Å². The van der Waals surface area contributed by atoms with E-state index in [9.17, 15) is 9.59 Å². The van der Waals surface area contributed by atoms with Crippen molar-refractivity contribution in [1.82, 2.24) is 10.9 Å². The van der Waals surface area contributed by atoms with E-state index in [0.29, 0.717) is 15.8 Å². The van der Waals surface area contributed by atoms with Gasteiger partial charge < -0.3 is 9.47 Å². The molecule has 138 valence electrons. The van der Waals surface area contributed by atoms with Crippen molar-refractivity contribution < 1.29 is 19.1 Å². The summed E-state index contributed by atoms with van der Waals surface area (Å²) in [5.41, 5.74) is 5.09. The molecule has 0 fully saturated rings. The van der Waals surface area contributed by atoms with Gasteiger partial charge in [-0.3, -0.25) is 10.2 Å². The molecule has 0 aromatic heterocycles. The zero-order valence-corrected chi connectivity index (χ0v) is 15.9. The summed E-state index contributed by atoms with van der Waals surface area (Å²) in [6.07, 6.45) is -1.73. The van der Waals surface area contributed by atoms with E-state index in [0.717, 1.165) is 5.56 Å². The first-order valence-corrected chi connectivity index (χ1v) is 8.57. The van der Waals surface area contributed by atoms with Gasteiger partial charge in [-0.15, -0.1) is 0 Å². The lowest BCUT2D eigenvalue weighted by molar-refractivity contribution is -0.128. The fourth-order valence-corrected chi connectivity index (χ4v) is 2.37. The van der Waals surface area contributed by atoms with E-state index in [1.54, 1.807) is 36.4 Å². The lowest BCUT2D eigenvalue weighted by Crippen LogP contribution is -2.47. The van der Waals surface area contributed by atoms with Gasteiger partial charge in [0, 0.05) is 10.0 Å². The molecule has 0 aliphatic rings. The van der Waals surface area contributed by atoms with Gasteiger partial charge in [-0.25, -0.2) is 10.2 Å². The first-order chi connectivity index (χ1) is 12.3. The average Bonchev–Trinajstić information content (AvgIpc) is 2.61. The Hall–Kier alpha value is -2.15. The number of rotatable bonds is 5. The number of carbonyl (C=O) groups is 2. The summed E-state index contributed by atoms with van der Waals surface area (Å²) in [6, 6.07) is 11.4. The molecular formula is C17H15Cl3N2O4. The maximum atomic E-state index is 12.0. The van der Waals surface area contributed by atoms with Gasteiger partial charge in [0.05, 0.1) is 5.02 Å². The lowest BCUT2D eigenvalue weighted by Gasteiger charge is -2.16. The normalized spacial score (nSPS) is 11.4. The predicted molar refractivity (Wildman–Crippen MR) is 99.5 cm³/mol. The molecule has 2 aromatic rings. The molecule has 9 heteroatoms. The summed E-state index contributed by atoms with van der Waals surface area (Å²) in [6.45, 7) is 1.53. The molecule has 0 radical (unpaired) electrons. The summed E-state index contributed by atoms with van der Waals surface area (Å²) in [5.74, 6) is -0.288. The van der Waals surface area contributed by atoms with Crippen LogP contribution in [0.5, 0.6) is 5.75 Å².